The van der Waals surface area contributed by atoms with E-state index in [0.29, 0.717) is 0 Å². The van der Waals surface area contributed by atoms with Gasteiger partial charge >= 0.3 is 0 Å². The lowest BCUT2D eigenvalue weighted by molar-refractivity contribution is -0.941. The van der Waals surface area contributed by atoms with E-state index in [1.807, 2.05) is 6.08 Å². The van der Waals surface area contributed by atoms with Crippen LogP contribution in [0.4, 0.5) is 0 Å². The molecule has 0 heterocycles. The van der Waals surface area contributed by atoms with Gasteiger partial charge in [-0.05, 0) is 61.8 Å². The van der Waals surface area contributed by atoms with Crippen LogP contribution in [0.2, 0.25) is 0 Å². The molecule has 0 aliphatic rings. The standard InChI is InChI=1S/C33H60N.ClH/c1-8-32-21-23-33(24-22-32)28-34(25-15-9-12-18-29(2)3,26-16-10-13-19-30(4)5)27-17-11-14-20-31(6)7;/h8,21-24,29-31H,1,9-20,25-28H2,2-7H3;1H/q+1;/p-1. The van der Waals surface area contributed by atoms with Gasteiger partial charge in [-0.15, -0.1) is 0 Å². The highest BCUT2D eigenvalue weighted by atomic mass is 35.5. The largest absolute Gasteiger partial charge is 1.00 e. The predicted molar refractivity (Wildman–Crippen MR) is 155 cm³/mol. The zero-order valence-electron chi connectivity index (χ0n) is 24.5. The molecule has 0 aliphatic carbocycles. The van der Waals surface area contributed by atoms with Crippen LogP contribution < -0.4 is 12.4 Å². The van der Waals surface area contributed by atoms with Crippen molar-refractivity contribution in [3.8, 4) is 0 Å². The molecule has 0 unspecified atom stereocenters. The lowest BCUT2D eigenvalue weighted by Gasteiger charge is -2.40. The van der Waals surface area contributed by atoms with Crippen LogP contribution in [0.25, 0.3) is 6.08 Å². The average Bonchev–Trinajstić information content (AvgIpc) is 2.78. The normalized spacial score (nSPS) is 11.9. The third-order valence-electron chi connectivity index (χ3n) is 7.48. The molecule has 35 heavy (non-hydrogen) atoms. The van der Waals surface area contributed by atoms with Crippen LogP contribution in [0.15, 0.2) is 30.8 Å². The first-order valence-corrected chi connectivity index (χ1v) is 14.8. The minimum atomic E-state index is 0. The van der Waals surface area contributed by atoms with Gasteiger partial charge in [0.05, 0.1) is 19.6 Å². The van der Waals surface area contributed by atoms with Crippen molar-refractivity contribution in [1.82, 2.24) is 0 Å². The summed E-state index contributed by atoms with van der Waals surface area (Å²) in [6.45, 7) is 23.4. The van der Waals surface area contributed by atoms with Crippen LogP contribution in [0.5, 0.6) is 0 Å². The van der Waals surface area contributed by atoms with Crippen LogP contribution in [0.3, 0.4) is 0 Å². The van der Waals surface area contributed by atoms with Gasteiger partial charge in [-0.1, -0.05) is 117 Å². The van der Waals surface area contributed by atoms with Crippen molar-refractivity contribution >= 4 is 6.08 Å². The van der Waals surface area contributed by atoms with Crippen molar-refractivity contribution in [2.24, 2.45) is 17.8 Å². The highest BCUT2D eigenvalue weighted by Crippen LogP contribution is 2.23. The quantitative estimate of drug-likeness (QED) is 0.121. The maximum absolute atomic E-state index is 3.94. The molecule has 0 bridgehead atoms. The first-order valence-electron chi connectivity index (χ1n) is 14.8. The zero-order chi connectivity index (χ0) is 25.2. The smallest absolute Gasteiger partial charge is 0.104 e. The third kappa shape index (κ3) is 17.3. The number of halogens is 1. The maximum atomic E-state index is 3.94. The van der Waals surface area contributed by atoms with E-state index in [1.54, 1.807) is 0 Å². The molecular formula is C33H60ClN. The lowest BCUT2D eigenvalue weighted by Crippen LogP contribution is -3.00. The molecule has 0 radical (unpaired) electrons. The van der Waals surface area contributed by atoms with E-state index < -0.39 is 0 Å². The number of nitrogens with zero attached hydrogens (tertiary/aromatic N) is 1. The van der Waals surface area contributed by atoms with E-state index in [-0.39, 0.29) is 12.4 Å². The molecule has 1 aromatic rings. The number of unbranched alkanes of at least 4 members (excludes halogenated alkanes) is 6. The highest BCUT2D eigenvalue weighted by Gasteiger charge is 2.27. The molecule has 0 saturated carbocycles. The Morgan fingerprint density at radius 3 is 1.29 bits per heavy atom. The van der Waals surface area contributed by atoms with Crippen molar-refractivity contribution in [2.75, 3.05) is 19.6 Å². The molecule has 1 aromatic carbocycles. The predicted octanol–water partition coefficient (Wildman–Crippen LogP) is 7.30. The monoisotopic (exact) mass is 505 g/mol. The molecule has 0 saturated heterocycles. The van der Waals surface area contributed by atoms with Gasteiger partial charge in [0.25, 0.3) is 0 Å². The molecule has 0 aliphatic heterocycles. The Kier molecular flexibility index (Phi) is 19.8. The fourth-order valence-electron chi connectivity index (χ4n) is 5.25. The molecule has 2 heteroatoms. The van der Waals surface area contributed by atoms with E-state index in [9.17, 15) is 0 Å². The summed E-state index contributed by atoms with van der Waals surface area (Å²) in [5, 5.41) is 0. The average molecular weight is 506 g/mol. The Labute approximate surface area is 227 Å². The molecular weight excluding hydrogens is 446 g/mol. The summed E-state index contributed by atoms with van der Waals surface area (Å²) < 4.78 is 1.30. The van der Waals surface area contributed by atoms with Crippen molar-refractivity contribution in [3.05, 3.63) is 42.0 Å². The second kappa shape index (κ2) is 20.3. The molecule has 0 N–H and O–H groups in total. The Balaban J connectivity index is 0.0000116. The molecule has 0 aromatic heterocycles. The van der Waals surface area contributed by atoms with E-state index in [4.69, 9.17) is 0 Å². The van der Waals surface area contributed by atoms with Crippen molar-refractivity contribution in [2.45, 2.75) is 125 Å². The van der Waals surface area contributed by atoms with E-state index in [2.05, 4.69) is 72.4 Å². The number of benzene rings is 1. The van der Waals surface area contributed by atoms with Crippen LogP contribution in [-0.4, -0.2) is 24.1 Å². The van der Waals surface area contributed by atoms with Gasteiger partial charge in [-0.2, -0.15) is 0 Å². The molecule has 0 spiro atoms. The Morgan fingerprint density at radius 1 is 0.600 bits per heavy atom. The molecule has 1 rings (SSSR count). The molecule has 204 valence electrons. The highest BCUT2D eigenvalue weighted by molar-refractivity contribution is 5.47. The van der Waals surface area contributed by atoms with E-state index in [0.717, 1.165) is 17.8 Å². The Morgan fingerprint density at radius 2 is 0.971 bits per heavy atom. The number of quaternary nitrogens is 1. The van der Waals surface area contributed by atoms with Crippen LogP contribution in [0, 0.1) is 17.8 Å². The van der Waals surface area contributed by atoms with Crippen LogP contribution in [-0.2, 0) is 6.54 Å². The SMILES string of the molecule is C=Cc1ccc(C[N+](CCCCCC(C)C)(CCCCCC(C)C)CCCCCC(C)C)cc1.[Cl-]. The summed E-state index contributed by atoms with van der Waals surface area (Å²) >= 11 is 0. The minimum Gasteiger partial charge on any atom is -1.00 e. The second-order valence-corrected chi connectivity index (χ2v) is 12.3. The summed E-state index contributed by atoms with van der Waals surface area (Å²) in [6, 6.07) is 9.23. The van der Waals surface area contributed by atoms with Crippen LogP contribution >= 0.6 is 0 Å². The van der Waals surface area contributed by atoms with Crippen LogP contribution in [0.1, 0.15) is 130 Å². The lowest BCUT2D eigenvalue weighted by atomic mass is 10.0. The van der Waals surface area contributed by atoms with E-state index >= 15 is 0 Å². The molecule has 0 amide bonds. The van der Waals surface area contributed by atoms with Crippen molar-refractivity contribution < 1.29 is 16.9 Å². The summed E-state index contributed by atoms with van der Waals surface area (Å²) in [4.78, 5) is 0. The summed E-state index contributed by atoms with van der Waals surface area (Å²) in [5.74, 6) is 2.51. The van der Waals surface area contributed by atoms with Gasteiger partial charge < -0.3 is 16.9 Å². The molecule has 0 atom stereocenters. The summed E-state index contributed by atoms with van der Waals surface area (Å²) in [5.41, 5.74) is 2.75. The van der Waals surface area contributed by atoms with Gasteiger partial charge in [0, 0.05) is 5.56 Å². The fraction of sp³-hybridized carbons (Fsp3) is 0.758. The summed E-state index contributed by atoms with van der Waals surface area (Å²) in [6.07, 6.45) is 18.6. The van der Waals surface area contributed by atoms with Gasteiger partial charge in [0.15, 0.2) is 0 Å². The van der Waals surface area contributed by atoms with Gasteiger partial charge in [-0.3, -0.25) is 0 Å². The number of hydrogen-bond acceptors (Lipinski definition) is 0. The van der Waals surface area contributed by atoms with Gasteiger partial charge in [0.2, 0.25) is 0 Å². The van der Waals surface area contributed by atoms with Gasteiger partial charge in [-0.25, -0.2) is 0 Å². The third-order valence-corrected chi connectivity index (χ3v) is 7.48. The first-order chi connectivity index (χ1) is 16.3. The van der Waals surface area contributed by atoms with E-state index in [1.165, 1.54) is 119 Å². The number of hydrogen-bond donors (Lipinski definition) is 0. The Bertz CT molecular complexity index is 571. The number of rotatable bonds is 21. The molecule has 1 nitrogen and oxygen atoms in total. The van der Waals surface area contributed by atoms with Gasteiger partial charge in [0.1, 0.15) is 6.54 Å². The maximum Gasteiger partial charge on any atom is 0.104 e. The molecule has 0 fully saturated rings. The zero-order valence-corrected chi connectivity index (χ0v) is 25.2. The summed E-state index contributed by atoms with van der Waals surface area (Å²) in [7, 11) is 0. The second-order valence-electron chi connectivity index (χ2n) is 12.3. The topological polar surface area (TPSA) is 0 Å². The first kappa shape index (κ1) is 34.2. The fourth-order valence-corrected chi connectivity index (χ4v) is 5.25. The van der Waals surface area contributed by atoms with Crippen molar-refractivity contribution in [3.63, 3.8) is 0 Å². The Hall–Kier alpha value is -0.790. The minimum absolute atomic E-state index is 0. The van der Waals surface area contributed by atoms with Crippen molar-refractivity contribution in [1.29, 1.82) is 0 Å².